The highest BCUT2D eigenvalue weighted by Gasteiger charge is 2.32. The van der Waals surface area contributed by atoms with Crippen LogP contribution in [0.3, 0.4) is 0 Å². The molecule has 2 aliphatic rings. The number of hydrogen-bond donors (Lipinski definition) is 0. The average Bonchev–Trinajstić information content (AvgIpc) is 2.62. The van der Waals surface area contributed by atoms with Crippen molar-refractivity contribution >= 4 is 10.0 Å². The smallest absolute Gasteiger partial charge is 0.243 e. The molecule has 2 unspecified atom stereocenters. The van der Waals surface area contributed by atoms with Crippen LogP contribution in [0.5, 0.6) is 5.75 Å². The van der Waals surface area contributed by atoms with Gasteiger partial charge in [-0.1, -0.05) is 6.92 Å². The topological polar surface area (TPSA) is 49.9 Å². The molecule has 3 rings (SSSR count). The molecule has 0 aromatic heterocycles. The third-order valence-corrected chi connectivity index (χ3v) is 7.30. The minimum Gasteiger partial charge on any atom is -0.461 e. The van der Waals surface area contributed by atoms with Crippen LogP contribution in [0.4, 0.5) is 4.39 Å². The maximum Gasteiger partial charge on any atom is 0.243 e. The Bertz CT molecular complexity index is 685. The fourth-order valence-electron chi connectivity index (χ4n) is 4.03. The molecule has 2 saturated heterocycles. The Morgan fingerprint density at radius 1 is 1.12 bits per heavy atom. The van der Waals surface area contributed by atoms with Crippen LogP contribution in [0.1, 0.15) is 39.5 Å². The predicted octanol–water partition coefficient (Wildman–Crippen LogP) is 3.27. The molecule has 0 aliphatic carbocycles. The third kappa shape index (κ3) is 4.56. The molecule has 0 spiro atoms. The fourth-order valence-corrected chi connectivity index (χ4v) is 5.50. The van der Waals surface area contributed by atoms with Gasteiger partial charge in [-0.25, -0.2) is 12.8 Å². The second-order valence-corrected chi connectivity index (χ2v) is 9.45. The van der Waals surface area contributed by atoms with Crippen molar-refractivity contribution in [2.45, 2.75) is 56.8 Å². The Morgan fingerprint density at radius 3 is 2.35 bits per heavy atom. The number of likely N-dealkylation sites (tertiary alicyclic amines) is 1. The molecule has 0 amide bonds. The predicted molar refractivity (Wildman–Crippen MR) is 99.4 cm³/mol. The summed E-state index contributed by atoms with van der Waals surface area (Å²) in [4.78, 5) is 2.78. The first-order chi connectivity index (χ1) is 12.4. The molecule has 0 saturated carbocycles. The minimum atomic E-state index is -3.51. The zero-order chi connectivity index (χ0) is 18.7. The van der Waals surface area contributed by atoms with Gasteiger partial charge in [0.2, 0.25) is 16.4 Å². The third-order valence-electron chi connectivity index (χ3n) is 5.39. The summed E-state index contributed by atoms with van der Waals surface area (Å²) in [5, 5.41) is 0. The van der Waals surface area contributed by atoms with Gasteiger partial charge >= 0.3 is 0 Å². The molecule has 146 valence electrons. The van der Waals surface area contributed by atoms with E-state index in [2.05, 4.69) is 11.8 Å². The summed E-state index contributed by atoms with van der Waals surface area (Å²) in [6.07, 6.45) is 2.88. The van der Waals surface area contributed by atoms with E-state index in [1.165, 1.54) is 44.0 Å². The van der Waals surface area contributed by atoms with Crippen LogP contribution >= 0.6 is 0 Å². The van der Waals surface area contributed by atoms with E-state index in [-0.39, 0.29) is 4.90 Å². The van der Waals surface area contributed by atoms with E-state index in [1.54, 1.807) is 4.31 Å². The molecule has 0 bridgehead atoms. The van der Waals surface area contributed by atoms with Gasteiger partial charge in [-0.2, -0.15) is 4.31 Å². The number of rotatable bonds is 5. The first-order valence-corrected chi connectivity index (χ1v) is 11.0. The molecule has 26 heavy (non-hydrogen) atoms. The SMILES string of the molecule is CC1CCCN(C2CCN(S(=O)(=O)c3ccc(OC(C)F)cc3)CC2)C1. The van der Waals surface area contributed by atoms with Crippen LogP contribution in [0, 0.1) is 5.92 Å². The minimum absolute atomic E-state index is 0.237. The Labute approximate surface area is 156 Å². The van der Waals surface area contributed by atoms with Crippen molar-refractivity contribution in [3.05, 3.63) is 24.3 Å². The molecule has 2 atom stereocenters. The van der Waals surface area contributed by atoms with Gasteiger partial charge in [0.05, 0.1) is 4.90 Å². The van der Waals surface area contributed by atoms with Crippen molar-refractivity contribution in [3.8, 4) is 5.75 Å². The normalized spacial score (nSPS) is 25.1. The van der Waals surface area contributed by atoms with Gasteiger partial charge in [0, 0.05) is 32.6 Å². The van der Waals surface area contributed by atoms with E-state index >= 15 is 0 Å². The Kier molecular flexibility index (Phi) is 6.20. The zero-order valence-corrected chi connectivity index (χ0v) is 16.4. The highest BCUT2D eigenvalue weighted by molar-refractivity contribution is 7.89. The van der Waals surface area contributed by atoms with Crippen LogP contribution in [0.15, 0.2) is 29.2 Å². The largest absolute Gasteiger partial charge is 0.461 e. The van der Waals surface area contributed by atoms with E-state index in [0.717, 1.165) is 31.8 Å². The van der Waals surface area contributed by atoms with Gasteiger partial charge < -0.3 is 9.64 Å². The lowest BCUT2D eigenvalue weighted by atomic mass is 9.96. The van der Waals surface area contributed by atoms with Gasteiger partial charge in [0.25, 0.3) is 0 Å². The number of ether oxygens (including phenoxy) is 1. The van der Waals surface area contributed by atoms with E-state index < -0.39 is 16.4 Å². The molecule has 2 fully saturated rings. The van der Waals surface area contributed by atoms with Crippen molar-refractivity contribution in [1.82, 2.24) is 9.21 Å². The number of benzene rings is 1. The highest BCUT2D eigenvalue weighted by atomic mass is 32.2. The summed E-state index contributed by atoms with van der Waals surface area (Å²) in [6.45, 7) is 6.96. The number of piperidine rings is 2. The number of alkyl halides is 1. The summed E-state index contributed by atoms with van der Waals surface area (Å²) in [6, 6.07) is 6.48. The molecule has 2 heterocycles. The van der Waals surface area contributed by atoms with Crippen molar-refractivity contribution in [2.24, 2.45) is 5.92 Å². The van der Waals surface area contributed by atoms with E-state index in [0.29, 0.717) is 24.9 Å². The molecule has 7 heteroatoms. The Balaban J connectivity index is 1.60. The highest BCUT2D eigenvalue weighted by Crippen LogP contribution is 2.27. The van der Waals surface area contributed by atoms with Gasteiger partial charge in [-0.3, -0.25) is 0 Å². The van der Waals surface area contributed by atoms with Crippen LogP contribution in [-0.2, 0) is 10.0 Å². The van der Waals surface area contributed by atoms with Crippen LogP contribution in [0.25, 0.3) is 0 Å². The lowest BCUT2D eigenvalue weighted by molar-refractivity contribution is 0.0860. The fraction of sp³-hybridized carbons (Fsp3) is 0.684. The van der Waals surface area contributed by atoms with Crippen molar-refractivity contribution < 1.29 is 17.5 Å². The summed E-state index contributed by atoms with van der Waals surface area (Å²) in [5.74, 6) is 1.06. The van der Waals surface area contributed by atoms with Gasteiger partial charge in [0.1, 0.15) is 5.75 Å². The maximum absolute atomic E-state index is 12.9. The zero-order valence-electron chi connectivity index (χ0n) is 15.6. The molecular weight excluding hydrogens is 355 g/mol. The quantitative estimate of drug-likeness (QED) is 0.782. The summed E-state index contributed by atoms with van der Waals surface area (Å²) >= 11 is 0. The van der Waals surface area contributed by atoms with Gasteiger partial charge in [0.15, 0.2) is 0 Å². The first kappa shape index (κ1) is 19.6. The lowest BCUT2D eigenvalue weighted by Crippen LogP contribution is -2.49. The number of sulfonamides is 1. The van der Waals surface area contributed by atoms with Crippen LogP contribution in [0.2, 0.25) is 0 Å². The number of hydrogen-bond acceptors (Lipinski definition) is 4. The van der Waals surface area contributed by atoms with E-state index in [1.807, 2.05) is 0 Å². The second-order valence-electron chi connectivity index (χ2n) is 7.51. The molecule has 0 radical (unpaired) electrons. The monoisotopic (exact) mass is 384 g/mol. The lowest BCUT2D eigenvalue weighted by Gasteiger charge is -2.41. The Morgan fingerprint density at radius 2 is 1.77 bits per heavy atom. The van der Waals surface area contributed by atoms with Crippen LogP contribution < -0.4 is 4.74 Å². The second kappa shape index (κ2) is 8.23. The first-order valence-electron chi connectivity index (χ1n) is 9.51. The molecular formula is C19H29FN2O3S. The Hall–Kier alpha value is -1.18. The molecule has 2 aliphatic heterocycles. The van der Waals surface area contributed by atoms with Crippen molar-refractivity contribution in [2.75, 3.05) is 26.2 Å². The van der Waals surface area contributed by atoms with Gasteiger partial charge in [-0.15, -0.1) is 0 Å². The van der Waals surface area contributed by atoms with Crippen molar-refractivity contribution in [3.63, 3.8) is 0 Å². The number of nitrogens with zero attached hydrogens (tertiary/aromatic N) is 2. The molecule has 1 aromatic carbocycles. The van der Waals surface area contributed by atoms with Crippen molar-refractivity contribution in [1.29, 1.82) is 0 Å². The maximum atomic E-state index is 12.9. The van der Waals surface area contributed by atoms with Crippen LogP contribution in [-0.4, -0.2) is 56.2 Å². The van der Waals surface area contributed by atoms with Gasteiger partial charge in [-0.05, 0) is 62.4 Å². The number of halogens is 1. The summed E-state index contributed by atoms with van der Waals surface area (Å²) in [5.41, 5.74) is 0. The van der Waals surface area contributed by atoms with E-state index in [4.69, 9.17) is 4.74 Å². The molecule has 1 aromatic rings. The van der Waals surface area contributed by atoms with E-state index in [9.17, 15) is 12.8 Å². The summed E-state index contributed by atoms with van der Waals surface area (Å²) < 4.78 is 45.1. The average molecular weight is 385 g/mol. The molecule has 0 N–H and O–H groups in total. The molecule has 5 nitrogen and oxygen atoms in total. The summed E-state index contributed by atoms with van der Waals surface area (Å²) in [7, 11) is -3.51. The standard InChI is InChI=1S/C19H29FN2O3S/c1-15-4-3-11-21(14-15)17-9-12-22(13-10-17)26(23,24)19-7-5-18(6-8-19)25-16(2)20/h5-8,15-17H,3-4,9-14H2,1-2H3.